The van der Waals surface area contributed by atoms with Gasteiger partial charge in [-0.25, -0.2) is 8.42 Å². The Morgan fingerprint density at radius 1 is 0.968 bits per heavy atom. The van der Waals surface area contributed by atoms with E-state index in [1.807, 2.05) is 0 Å². The van der Waals surface area contributed by atoms with Crippen molar-refractivity contribution in [2.24, 2.45) is 0 Å². The van der Waals surface area contributed by atoms with Gasteiger partial charge in [0.15, 0.2) is 6.10 Å². The molecule has 0 aliphatic heterocycles. The van der Waals surface area contributed by atoms with Gasteiger partial charge in [-0.15, -0.1) is 0 Å². The average molecular weight is 500 g/mol. The number of rotatable bonds is 7. The van der Waals surface area contributed by atoms with Crippen LogP contribution in [-0.4, -0.2) is 20.4 Å². The van der Waals surface area contributed by atoms with Crippen molar-refractivity contribution >= 4 is 62.1 Å². The number of nitrogens with one attached hydrogen (secondary N) is 2. The van der Waals surface area contributed by atoms with Gasteiger partial charge in [-0.1, -0.05) is 46.9 Å². The van der Waals surface area contributed by atoms with Gasteiger partial charge in [-0.2, -0.15) is 0 Å². The molecule has 6 nitrogen and oxygen atoms in total. The third kappa shape index (κ3) is 6.04. The molecule has 0 spiro atoms. The monoisotopic (exact) mass is 498 g/mol. The molecule has 3 rings (SSSR count). The van der Waals surface area contributed by atoms with Crippen molar-refractivity contribution in [3.63, 3.8) is 0 Å². The highest BCUT2D eigenvalue weighted by molar-refractivity contribution is 7.92. The van der Waals surface area contributed by atoms with E-state index in [0.717, 1.165) is 0 Å². The SMILES string of the molecule is C[C@@H](Oc1cccc(Cl)c1)C(=O)Nc1ccc(S(=O)(=O)Nc2cccc(Cl)c2Cl)cc1. The Kier molecular flexibility index (Phi) is 7.33. The fourth-order valence-corrected chi connectivity index (χ4v) is 4.20. The molecule has 1 atom stereocenters. The van der Waals surface area contributed by atoms with Crippen molar-refractivity contribution in [1.82, 2.24) is 0 Å². The zero-order valence-electron chi connectivity index (χ0n) is 16.1. The molecule has 0 aliphatic carbocycles. The first-order valence-corrected chi connectivity index (χ1v) is 11.6. The molecule has 3 aromatic carbocycles. The largest absolute Gasteiger partial charge is 0.481 e. The summed E-state index contributed by atoms with van der Waals surface area (Å²) in [6.07, 6.45) is -0.798. The van der Waals surface area contributed by atoms with E-state index in [1.165, 1.54) is 30.3 Å². The number of hydrogen-bond acceptors (Lipinski definition) is 4. The molecule has 1 amide bonds. The predicted molar refractivity (Wildman–Crippen MR) is 124 cm³/mol. The summed E-state index contributed by atoms with van der Waals surface area (Å²) in [5.41, 5.74) is 0.574. The number of carbonyl (C=O) groups excluding carboxylic acids is 1. The van der Waals surface area contributed by atoms with Crippen LogP contribution in [0.1, 0.15) is 6.92 Å². The van der Waals surface area contributed by atoms with E-state index in [9.17, 15) is 13.2 Å². The van der Waals surface area contributed by atoms with E-state index < -0.39 is 22.0 Å². The number of carbonyl (C=O) groups is 1. The van der Waals surface area contributed by atoms with Gasteiger partial charge >= 0.3 is 0 Å². The molecular weight excluding hydrogens is 483 g/mol. The second-order valence-electron chi connectivity index (χ2n) is 6.44. The van der Waals surface area contributed by atoms with Gasteiger partial charge in [0.2, 0.25) is 0 Å². The summed E-state index contributed by atoms with van der Waals surface area (Å²) in [5, 5.41) is 3.50. The second-order valence-corrected chi connectivity index (χ2v) is 9.34. The van der Waals surface area contributed by atoms with Crippen molar-refractivity contribution in [1.29, 1.82) is 0 Å². The molecule has 0 aliphatic rings. The first-order valence-electron chi connectivity index (χ1n) is 8.96. The molecular formula is C21H17Cl3N2O4S. The summed E-state index contributed by atoms with van der Waals surface area (Å²) in [4.78, 5) is 12.4. The predicted octanol–water partition coefficient (Wildman–Crippen LogP) is 5.85. The number of anilines is 2. The summed E-state index contributed by atoms with van der Waals surface area (Å²) < 4.78 is 33.2. The van der Waals surface area contributed by atoms with Crippen LogP contribution in [0.3, 0.4) is 0 Å². The molecule has 10 heteroatoms. The minimum atomic E-state index is -3.90. The zero-order chi connectivity index (χ0) is 22.6. The van der Waals surface area contributed by atoms with E-state index in [2.05, 4.69) is 10.0 Å². The first kappa shape index (κ1) is 23.2. The van der Waals surface area contributed by atoms with Crippen molar-refractivity contribution in [2.45, 2.75) is 17.9 Å². The summed E-state index contributed by atoms with van der Waals surface area (Å²) in [6, 6.07) is 17.0. The lowest BCUT2D eigenvalue weighted by molar-refractivity contribution is -0.122. The Labute approximate surface area is 195 Å². The smallest absolute Gasteiger partial charge is 0.265 e. The van der Waals surface area contributed by atoms with E-state index in [-0.39, 0.29) is 20.6 Å². The van der Waals surface area contributed by atoms with Crippen LogP contribution in [0.2, 0.25) is 15.1 Å². The molecule has 31 heavy (non-hydrogen) atoms. The number of benzene rings is 3. The molecule has 0 bridgehead atoms. The van der Waals surface area contributed by atoms with E-state index >= 15 is 0 Å². The van der Waals surface area contributed by atoms with Gasteiger partial charge in [-0.3, -0.25) is 9.52 Å². The van der Waals surface area contributed by atoms with Crippen LogP contribution in [0.5, 0.6) is 5.75 Å². The molecule has 2 N–H and O–H groups in total. The quantitative estimate of drug-likeness (QED) is 0.427. The molecule has 0 unspecified atom stereocenters. The van der Waals surface area contributed by atoms with Crippen LogP contribution in [-0.2, 0) is 14.8 Å². The lowest BCUT2D eigenvalue weighted by Crippen LogP contribution is -2.30. The normalized spacial score (nSPS) is 12.1. The maximum Gasteiger partial charge on any atom is 0.265 e. The zero-order valence-corrected chi connectivity index (χ0v) is 19.2. The number of hydrogen-bond donors (Lipinski definition) is 2. The minimum absolute atomic E-state index is 0.00947. The van der Waals surface area contributed by atoms with E-state index in [1.54, 1.807) is 43.3 Å². The average Bonchev–Trinajstić information content (AvgIpc) is 2.71. The molecule has 0 fully saturated rings. The van der Waals surface area contributed by atoms with Crippen LogP contribution >= 0.6 is 34.8 Å². The molecule has 0 heterocycles. The van der Waals surface area contributed by atoms with Gasteiger partial charge in [0, 0.05) is 10.7 Å². The molecule has 162 valence electrons. The maximum absolute atomic E-state index is 12.6. The van der Waals surface area contributed by atoms with Gasteiger partial charge in [0.25, 0.3) is 15.9 Å². The van der Waals surface area contributed by atoms with Gasteiger partial charge < -0.3 is 10.1 Å². The highest BCUT2D eigenvalue weighted by atomic mass is 35.5. The first-order chi connectivity index (χ1) is 14.7. The van der Waals surface area contributed by atoms with Crippen LogP contribution < -0.4 is 14.8 Å². The number of amides is 1. The third-order valence-corrected chi connectivity index (χ3v) is 6.54. The Balaban J connectivity index is 1.66. The van der Waals surface area contributed by atoms with E-state index in [0.29, 0.717) is 16.5 Å². The summed E-state index contributed by atoms with van der Waals surface area (Å²) >= 11 is 17.9. The summed E-state index contributed by atoms with van der Waals surface area (Å²) in [5.74, 6) is 0.0572. The van der Waals surface area contributed by atoms with Crippen molar-refractivity contribution in [3.05, 3.63) is 81.8 Å². The minimum Gasteiger partial charge on any atom is -0.481 e. The number of halogens is 3. The lowest BCUT2D eigenvalue weighted by Gasteiger charge is -2.15. The standard InChI is InChI=1S/C21H17Cl3N2O4S/c1-13(30-16-5-2-4-14(22)12-16)21(27)25-15-8-10-17(11-9-15)31(28,29)26-19-7-3-6-18(23)20(19)24/h2-13,26H,1H3,(H,25,27)/t13-/m1/s1. The van der Waals surface area contributed by atoms with E-state index in [4.69, 9.17) is 39.5 Å². The molecule has 0 saturated heterocycles. The lowest BCUT2D eigenvalue weighted by atomic mass is 10.3. The topological polar surface area (TPSA) is 84.5 Å². The Hall–Kier alpha value is -2.45. The highest BCUT2D eigenvalue weighted by Crippen LogP contribution is 2.31. The maximum atomic E-state index is 12.6. The second kappa shape index (κ2) is 9.78. The number of ether oxygens (including phenoxy) is 1. The van der Waals surface area contributed by atoms with Crippen molar-refractivity contribution in [3.8, 4) is 5.75 Å². The molecule has 3 aromatic rings. The van der Waals surface area contributed by atoms with Crippen LogP contribution in [0.25, 0.3) is 0 Å². The Morgan fingerprint density at radius 2 is 1.65 bits per heavy atom. The van der Waals surface area contributed by atoms with Crippen LogP contribution in [0, 0.1) is 0 Å². The Bertz CT molecular complexity index is 1200. The fourth-order valence-electron chi connectivity index (χ4n) is 2.55. The van der Waals surface area contributed by atoms with Gasteiger partial charge in [-0.05, 0) is 61.5 Å². The van der Waals surface area contributed by atoms with Crippen molar-refractivity contribution < 1.29 is 17.9 Å². The van der Waals surface area contributed by atoms with Gasteiger partial charge in [0.1, 0.15) is 5.75 Å². The van der Waals surface area contributed by atoms with Crippen molar-refractivity contribution in [2.75, 3.05) is 10.0 Å². The van der Waals surface area contributed by atoms with Gasteiger partial charge in [0.05, 0.1) is 20.6 Å². The fraction of sp³-hybridized carbons (Fsp3) is 0.0952. The highest BCUT2D eigenvalue weighted by Gasteiger charge is 2.18. The molecule has 0 radical (unpaired) electrons. The summed E-state index contributed by atoms with van der Waals surface area (Å²) in [7, 11) is -3.90. The van der Waals surface area contributed by atoms with Crippen LogP contribution in [0.4, 0.5) is 11.4 Å². The van der Waals surface area contributed by atoms with Crippen LogP contribution in [0.15, 0.2) is 71.6 Å². The third-order valence-electron chi connectivity index (χ3n) is 4.11. The Morgan fingerprint density at radius 3 is 2.32 bits per heavy atom. The molecule has 0 aromatic heterocycles. The molecule has 0 saturated carbocycles. The number of sulfonamides is 1. The summed E-state index contributed by atoms with van der Waals surface area (Å²) in [6.45, 7) is 1.59.